The van der Waals surface area contributed by atoms with Gasteiger partial charge in [0.1, 0.15) is 5.75 Å². The monoisotopic (exact) mass is 363 g/mol. The summed E-state index contributed by atoms with van der Waals surface area (Å²) in [4.78, 5) is 24.2. The van der Waals surface area contributed by atoms with Crippen LogP contribution in [-0.4, -0.2) is 18.8 Å². The predicted octanol–water partition coefficient (Wildman–Crippen LogP) is 4.33. The van der Waals surface area contributed by atoms with Gasteiger partial charge in [-0.1, -0.05) is 24.3 Å². The number of rotatable bonds is 5. The van der Waals surface area contributed by atoms with E-state index in [1.807, 2.05) is 0 Å². The highest BCUT2D eigenvalue weighted by Gasteiger charge is 2.33. The molecule has 0 spiro atoms. The topological polar surface area (TPSA) is 55.4 Å². The van der Waals surface area contributed by atoms with Gasteiger partial charge in [-0.05, 0) is 42.8 Å². The Hall–Kier alpha value is -3.09. The molecule has 0 saturated heterocycles. The lowest BCUT2D eigenvalue weighted by atomic mass is 10.1. The lowest BCUT2D eigenvalue weighted by Crippen LogP contribution is -2.21. The summed E-state index contributed by atoms with van der Waals surface area (Å²) < 4.78 is 44.2. The van der Waals surface area contributed by atoms with Crippen LogP contribution in [0.25, 0.3) is 6.08 Å². The first kappa shape index (κ1) is 19.2. The lowest BCUT2D eigenvalue weighted by molar-refractivity contribution is -0.137. The molecule has 1 amide bonds. The zero-order valence-electron chi connectivity index (χ0n) is 14.1. The molecule has 2 rings (SSSR count). The first-order valence-corrected chi connectivity index (χ1v) is 7.56. The van der Waals surface area contributed by atoms with E-state index in [-0.39, 0.29) is 5.57 Å². The Morgan fingerprint density at radius 1 is 1.08 bits per heavy atom. The third-order valence-corrected chi connectivity index (χ3v) is 3.51. The predicted molar refractivity (Wildman–Crippen MR) is 91.7 cm³/mol. The van der Waals surface area contributed by atoms with Gasteiger partial charge in [-0.3, -0.25) is 9.59 Å². The van der Waals surface area contributed by atoms with Crippen molar-refractivity contribution in [1.29, 1.82) is 0 Å². The third-order valence-electron chi connectivity index (χ3n) is 3.51. The fourth-order valence-electron chi connectivity index (χ4n) is 2.25. The van der Waals surface area contributed by atoms with Gasteiger partial charge in [0.25, 0.3) is 5.91 Å². The number of Topliss-reactive ketones (excluding diaryl/α,β-unsaturated/α-hetero) is 1. The van der Waals surface area contributed by atoms with Crippen LogP contribution in [0.5, 0.6) is 5.75 Å². The van der Waals surface area contributed by atoms with Crippen LogP contribution in [0.3, 0.4) is 0 Å². The molecule has 136 valence electrons. The number of alkyl halides is 3. The molecule has 0 unspecified atom stereocenters. The number of hydrogen-bond acceptors (Lipinski definition) is 3. The molecule has 4 nitrogen and oxygen atoms in total. The number of ketones is 1. The molecular formula is C19H16F3NO3. The van der Waals surface area contributed by atoms with Crippen LogP contribution < -0.4 is 10.1 Å². The molecule has 0 heterocycles. The van der Waals surface area contributed by atoms with E-state index in [2.05, 4.69) is 5.32 Å². The molecule has 1 N–H and O–H groups in total. The zero-order chi connectivity index (χ0) is 19.3. The van der Waals surface area contributed by atoms with Crippen molar-refractivity contribution in [2.75, 3.05) is 12.4 Å². The molecule has 2 aromatic rings. The normalized spacial score (nSPS) is 11.8. The summed E-state index contributed by atoms with van der Waals surface area (Å²) in [6.07, 6.45) is -3.33. The second kappa shape index (κ2) is 7.86. The number of anilines is 1. The molecule has 26 heavy (non-hydrogen) atoms. The lowest BCUT2D eigenvalue weighted by Gasteiger charge is -2.14. The molecule has 0 aliphatic carbocycles. The van der Waals surface area contributed by atoms with Crippen molar-refractivity contribution in [3.8, 4) is 5.75 Å². The Kier molecular flexibility index (Phi) is 5.82. The molecule has 0 atom stereocenters. The Morgan fingerprint density at radius 2 is 1.77 bits per heavy atom. The first-order chi connectivity index (χ1) is 12.2. The average molecular weight is 363 g/mol. The van der Waals surface area contributed by atoms with E-state index < -0.39 is 29.1 Å². The molecule has 0 aromatic heterocycles. The Bertz CT molecular complexity index is 857. The second-order valence-electron chi connectivity index (χ2n) is 5.39. The minimum atomic E-state index is -4.63. The molecule has 0 bridgehead atoms. The fourth-order valence-corrected chi connectivity index (χ4v) is 2.25. The van der Waals surface area contributed by atoms with Crippen LogP contribution in [-0.2, 0) is 15.8 Å². The maximum atomic E-state index is 13.0. The number of amides is 1. The second-order valence-corrected chi connectivity index (χ2v) is 5.39. The number of para-hydroxylation sites is 1. The van der Waals surface area contributed by atoms with Gasteiger partial charge >= 0.3 is 6.18 Å². The molecule has 2 aromatic carbocycles. The Balaban J connectivity index is 2.36. The van der Waals surface area contributed by atoms with Crippen molar-refractivity contribution in [3.63, 3.8) is 0 Å². The summed E-state index contributed by atoms with van der Waals surface area (Å²) >= 11 is 0. The Labute approximate surface area is 148 Å². The van der Waals surface area contributed by atoms with Crippen molar-refractivity contribution >= 4 is 23.5 Å². The quantitative estimate of drug-likeness (QED) is 0.489. The SMILES string of the molecule is COc1cccc(/C=C(\C(C)=O)C(=O)Nc2ccccc2C(F)(F)F)c1. The van der Waals surface area contributed by atoms with E-state index >= 15 is 0 Å². The van der Waals surface area contributed by atoms with Gasteiger partial charge in [0.15, 0.2) is 5.78 Å². The van der Waals surface area contributed by atoms with Crippen molar-refractivity contribution in [2.24, 2.45) is 0 Å². The summed E-state index contributed by atoms with van der Waals surface area (Å²) in [5, 5.41) is 2.17. The number of benzene rings is 2. The standard InChI is InChI=1S/C19H16F3NO3/c1-12(24)15(11-13-6-5-7-14(10-13)26-2)18(25)23-17-9-4-3-8-16(17)19(20,21)22/h3-11H,1-2H3,(H,23,25)/b15-11+. The zero-order valence-corrected chi connectivity index (χ0v) is 14.1. The fraction of sp³-hybridized carbons (Fsp3) is 0.158. The highest BCUT2D eigenvalue weighted by Crippen LogP contribution is 2.34. The molecular weight excluding hydrogens is 347 g/mol. The van der Waals surface area contributed by atoms with Gasteiger partial charge in [0, 0.05) is 0 Å². The van der Waals surface area contributed by atoms with E-state index in [1.54, 1.807) is 24.3 Å². The van der Waals surface area contributed by atoms with Gasteiger partial charge < -0.3 is 10.1 Å². The smallest absolute Gasteiger partial charge is 0.418 e. The summed E-state index contributed by atoms with van der Waals surface area (Å²) in [6, 6.07) is 11.2. The van der Waals surface area contributed by atoms with Gasteiger partial charge in [0.05, 0.1) is 23.9 Å². The average Bonchev–Trinajstić information content (AvgIpc) is 2.59. The highest BCUT2D eigenvalue weighted by atomic mass is 19.4. The molecule has 0 radical (unpaired) electrons. The van der Waals surface area contributed by atoms with Crippen LogP contribution in [0.15, 0.2) is 54.1 Å². The number of nitrogens with one attached hydrogen (secondary N) is 1. The number of hydrogen-bond donors (Lipinski definition) is 1. The number of carbonyl (C=O) groups is 2. The maximum absolute atomic E-state index is 13.0. The van der Waals surface area contributed by atoms with Crippen molar-refractivity contribution in [2.45, 2.75) is 13.1 Å². The first-order valence-electron chi connectivity index (χ1n) is 7.56. The van der Waals surface area contributed by atoms with Crippen LogP contribution in [0.4, 0.5) is 18.9 Å². The Morgan fingerprint density at radius 3 is 2.38 bits per heavy atom. The summed E-state index contributed by atoms with van der Waals surface area (Å²) in [5.41, 5.74) is -1.16. The summed E-state index contributed by atoms with van der Waals surface area (Å²) in [5.74, 6) is -0.976. The summed E-state index contributed by atoms with van der Waals surface area (Å²) in [7, 11) is 1.47. The van der Waals surface area contributed by atoms with Gasteiger partial charge in [-0.2, -0.15) is 13.2 Å². The number of carbonyl (C=O) groups excluding carboxylic acids is 2. The van der Waals surface area contributed by atoms with Crippen LogP contribution in [0.1, 0.15) is 18.1 Å². The molecule has 0 fully saturated rings. The van der Waals surface area contributed by atoms with Crippen molar-refractivity contribution < 1.29 is 27.5 Å². The van der Waals surface area contributed by atoms with Crippen LogP contribution >= 0.6 is 0 Å². The van der Waals surface area contributed by atoms with E-state index in [0.29, 0.717) is 11.3 Å². The molecule has 0 saturated carbocycles. The van der Waals surface area contributed by atoms with Gasteiger partial charge in [-0.15, -0.1) is 0 Å². The molecule has 0 aliphatic rings. The number of halogens is 3. The molecule has 0 aliphatic heterocycles. The largest absolute Gasteiger partial charge is 0.497 e. The van der Waals surface area contributed by atoms with Crippen LogP contribution in [0, 0.1) is 0 Å². The van der Waals surface area contributed by atoms with E-state index in [4.69, 9.17) is 4.74 Å². The van der Waals surface area contributed by atoms with Crippen molar-refractivity contribution in [3.05, 3.63) is 65.2 Å². The number of methoxy groups -OCH3 is 1. The third kappa shape index (κ3) is 4.72. The minimum absolute atomic E-state index is 0.268. The van der Waals surface area contributed by atoms with Gasteiger partial charge in [-0.25, -0.2) is 0 Å². The minimum Gasteiger partial charge on any atom is -0.497 e. The molecule has 7 heteroatoms. The maximum Gasteiger partial charge on any atom is 0.418 e. The highest BCUT2D eigenvalue weighted by molar-refractivity contribution is 6.25. The van der Waals surface area contributed by atoms with Crippen LogP contribution in [0.2, 0.25) is 0 Å². The van der Waals surface area contributed by atoms with E-state index in [0.717, 1.165) is 12.1 Å². The van der Waals surface area contributed by atoms with E-state index in [9.17, 15) is 22.8 Å². The summed E-state index contributed by atoms with van der Waals surface area (Å²) in [6.45, 7) is 1.17. The van der Waals surface area contributed by atoms with Gasteiger partial charge in [0.2, 0.25) is 0 Å². The number of ether oxygens (including phenoxy) is 1. The van der Waals surface area contributed by atoms with E-state index in [1.165, 1.54) is 32.2 Å². The van der Waals surface area contributed by atoms with Crippen molar-refractivity contribution in [1.82, 2.24) is 0 Å².